The summed E-state index contributed by atoms with van der Waals surface area (Å²) in [6.45, 7) is 2.85. The molecule has 1 fully saturated rings. The zero-order chi connectivity index (χ0) is 20.5. The van der Waals surface area contributed by atoms with Gasteiger partial charge < -0.3 is 4.74 Å². The van der Waals surface area contributed by atoms with E-state index < -0.39 is 16.0 Å². The van der Waals surface area contributed by atoms with E-state index in [9.17, 15) is 13.2 Å². The van der Waals surface area contributed by atoms with Crippen molar-refractivity contribution in [3.05, 3.63) is 57.0 Å². The molecule has 2 aromatic carbocycles. The first-order valence-corrected chi connectivity index (χ1v) is 11.2. The molecule has 3 rings (SSSR count). The second-order valence-electron chi connectivity index (χ2n) is 6.70. The van der Waals surface area contributed by atoms with Crippen molar-refractivity contribution in [3.8, 4) is 5.75 Å². The maximum absolute atomic E-state index is 13.0. The highest BCUT2D eigenvalue weighted by molar-refractivity contribution is 7.89. The van der Waals surface area contributed by atoms with Crippen LogP contribution in [0.1, 0.15) is 30.1 Å². The molecule has 0 saturated carbocycles. The zero-order valence-corrected chi connectivity index (χ0v) is 18.1. The van der Waals surface area contributed by atoms with Crippen molar-refractivity contribution >= 4 is 50.8 Å². The highest BCUT2D eigenvalue weighted by Crippen LogP contribution is 2.33. The van der Waals surface area contributed by atoms with Gasteiger partial charge >= 0.3 is 5.97 Å². The summed E-state index contributed by atoms with van der Waals surface area (Å²) in [5.41, 5.74) is 0.0454. The number of hydrogen-bond donors (Lipinski definition) is 0. The third-order valence-electron chi connectivity index (χ3n) is 4.52. The van der Waals surface area contributed by atoms with Gasteiger partial charge in [0.1, 0.15) is 9.92 Å². The number of carbonyl (C=O) groups is 1. The van der Waals surface area contributed by atoms with Gasteiger partial charge in [-0.2, -0.15) is 4.31 Å². The Labute approximate surface area is 179 Å². The summed E-state index contributed by atoms with van der Waals surface area (Å²) in [4.78, 5) is 12.4. The number of nitrogens with zero attached hydrogens (tertiary/aromatic N) is 1. The van der Waals surface area contributed by atoms with E-state index in [0.29, 0.717) is 13.1 Å². The van der Waals surface area contributed by atoms with Crippen molar-refractivity contribution in [2.24, 2.45) is 5.92 Å². The molecule has 0 radical (unpaired) electrons. The molecular formula is C19H18Cl3NO4S. The molecule has 0 aliphatic carbocycles. The third-order valence-corrected chi connectivity index (χ3v) is 7.67. The first-order chi connectivity index (χ1) is 13.2. The van der Waals surface area contributed by atoms with Gasteiger partial charge in [0, 0.05) is 13.1 Å². The van der Waals surface area contributed by atoms with Gasteiger partial charge in [-0.25, -0.2) is 13.2 Å². The molecule has 0 aromatic heterocycles. The predicted molar refractivity (Wildman–Crippen MR) is 110 cm³/mol. The average Bonchev–Trinajstić information content (AvgIpc) is 2.65. The van der Waals surface area contributed by atoms with Crippen LogP contribution in [0, 0.1) is 5.92 Å². The lowest BCUT2D eigenvalue weighted by atomic mass is 10.0. The third kappa shape index (κ3) is 4.47. The Hall–Kier alpha value is -1.31. The summed E-state index contributed by atoms with van der Waals surface area (Å²) >= 11 is 18.1. The molecule has 2 aromatic rings. The molecule has 1 atom stereocenters. The summed E-state index contributed by atoms with van der Waals surface area (Å²) in [6.07, 6.45) is 1.76. The lowest BCUT2D eigenvalue weighted by molar-refractivity contribution is 0.0734. The molecule has 9 heteroatoms. The van der Waals surface area contributed by atoms with Crippen molar-refractivity contribution in [2.75, 3.05) is 13.1 Å². The molecule has 5 nitrogen and oxygen atoms in total. The van der Waals surface area contributed by atoms with E-state index in [1.807, 2.05) is 6.92 Å². The summed E-state index contributed by atoms with van der Waals surface area (Å²) in [7, 11) is -3.82. The molecule has 0 bridgehead atoms. The van der Waals surface area contributed by atoms with Gasteiger partial charge in [-0.05, 0) is 49.1 Å². The smallest absolute Gasteiger partial charge is 0.343 e. The van der Waals surface area contributed by atoms with E-state index in [4.69, 9.17) is 39.5 Å². The van der Waals surface area contributed by atoms with E-state index in [0.717, 1.165) is 12.8 Å². The van der Waals surface area contributed by atoms with Crippen molar-refractivity contribution < 1.29 is 17.9 Å². The Kier molecular flexibility index (Phi) is 6.57. The molecule has 28 heavy (non-hydrogen) atoms. The van der Waals surface area contributed by atoms with Crippen LogP contribution in [0.2, 0.25) is 15.1 Å². The molecule has 1 heterocycles. The Morgan fingerprint density at radius 2 is 1.89 bits per heavy atom. The topological polar surface area (TPSA) is 63.7 Å². The number of esters is 1. The molecule has 0 N–H and O–H groups in total. The Morgan fingerprint density at radius 3 is 2.61 bits per heavy atom. The predicted octanol–water partition coefficient (Wildman–Crippen LogP) is 5.29. The van der Waals surface area contributed by atoms with E-state index in [1.165, 1.54) is 28.6 Å². The number of hydrogen-bond acceptors (Lipinski definition) is 4. The van der Waals surface area contributed by atoms with Gasteiger partial charge in [0.05, 0.1) is 15.6 Å². The molecule has 1 unspecified atom stereocenters. The van der Waals surface area contributed by atoms with E-state index >= 15 is 0 Å². The van der Waals surface area contributed by atoms with E-state index in [-0.39, 0.29) is 37.2 Å². The molecule has 150 valence electrons. The first-order valence-electron chi connectivity index (χ1n) is 8.66. The molecule has 0 amide bonds. The molecule has 0 spiro atoms. The van der Waals surface area contributed by atoms with Gasteiger partial charge in [0.2, 0.25) is 10.0 Å². The van der Waals surface area contributed by atoms with Crippen LogP contribution in [-0.2, 0) is 10.0 Å². The number of sulfonamides is 1. The molecule has 1 aliphatic rings. The Bertz CT molecular complexity index is 1010. The number of halogens is 3. The number of benzene rings is 2. The van der Waals surface area contributed by atoms with Crippen LogP contribution in [0.4, 0.5) is 0 Å². The summed E-state index contributed by atoms with van der Waals surface area (Å²) in [6, 6.07) is 8.66. The number of rotatable bonds is 4. The second-order valence-corrected chi connectivity index (χ2v) is 9.80. The Balaban J connectivity index is 1.90. The minimum Gasteiger partial charge on any atom is -0.421 e. The van der Waals surface area contributed by atoms with E-state index in [2.05, 4.69) is 0 Å². The second kappa shape index (κ2) is 8.59. The fraction of sp³-hybridized carbons (Fsp3) is 0.316. The van der Waals surface area contributed by atoms with Gasteiger partial charge in [0.25, 0.3) is 0 Å². The number of piperidine rings is 1. The van der Waals surface area contributed by atoms with Gasteiger partial charge in [0.15, 0.2) is 5.75 Å². The maximum Gasteiger partial charge on any atom is 0.343 e. The van der Waals surface area contributed by atoms with Gasteiger partial charge in [-0.1, -0.05) is 47.8 Å². The van der Waals surface area contributed by atoms with Gasteiger partial charge in [-0.15, -0.1) is 0 Å². The number of ether oxygens (including phenoxy) is 1. The standard InChI is InChI=1S/C19H18Cl3NO4S/c1-12-4-3-9-23(11-12)28(25,26)17-10-13(7-8-14(17)20)19(24)27-16-6-2-5-15(21)18(16)22/h2,5-8,10,12H,3-4,9,11H2,1H3. The first kappa shape index (κ1) is 21.4. The summed E-state index contributed by atoms with van der Waals surface area (Å²) in [5, 5.41) is 0.391. The summed E-state index contributed by atoms with van der Waals surface area (Å²) in [5.74, 6) is -0.409. The van der Waals surface area contributed by atoms with Crippen LogP contribution < -0.4 is 4.74 Å². The van der Waals surface area contributed by atoms with Crippen molar-refractivity contribution in [3.63, 3.8) is 0 Å². The van der Waals surface area contributed by atoms with Crippen molar-refractivity contribution in [1.29, 1.82) is 0 Å². The van der Waals surface area contributed by atoms with Crippen LogP contribution in [0.15, 0.2) is 41.3 Å². The highest BCUT2D eigenvalue weighted by Gasteiger charge is 2.31. The molecule has 1 aliphatic heterocycles. The van der Waals surface area contributed by atoms with Crippen LogP contribution in [0.5, 0.6) is 5.75 Å². The van der Waals surface area contributed by atoms with Crippen LogP contribution in [0.25, 0.3) is 0 Å². The number of carbonyl (C=O) groups excluding carboxylic acids is 1. The lowest BCUT2D eigenvalue weighted by Gasteiger charge is -2.30. The normalized spacial score (nSPS) is 18.1. The fourth-order valence-electron chi connectivity index (χ4n) is 3.05. The zero-order valence-electron chi connectivity index (χ0n) is 15.0. The van der Waals surface area contributed by atoms with Crippen molar-refractivity contribution in [1.82, 2.24) is 4.31 Å². The maximum atomic E-state index is 13.0. The molecular weight excluding hydrogens is 445 g/mol. The summed E-state index contributed by atoms with van der Waals surface area (Å²) < 4.78 is 32.8. The SMILES string of the molecule is CC1CCCN(S(=O)(=O)c2cc(C(=O)Oc3cccc(Cl)c3Cl)ccc2Cl)C1. The van der Waals surface area contributed by atoms with E-state index in [1.54, 1.807) is 12.1 Å². The quantitative estimate of drug-likeness (QED) is 0.458. The van der Waals surface area contributed by atoms with Crippen LogP contribution in [0.3, 0.4) is 0 Å². The fourth-order valence-corrected chi connectivity index (χ4v) is 5.48. The van der Waals surface area contributed by atoms with Crippen LogP contribution >= 0.6 is 34.8 Å². The molecule has 1 saturated heterocycles. The largest absolute Gasteiger partial charge is 0.421 e. The monoisotopic (exact) mass is 461 g/mol. The minimum atomic E-state index is -3.82. The minimum absolute atomic E-state index is 0.0454. The highest BCUT2D eigenvalue weighted by atomic mass is 35.5. The van der Waals surface area contributed by atoms with Crippen molar-refractivity contribution in [2.45, 2.75) is 24.7 Å². The average molecular weight is 463 g/mol. The van der Waals surface area contributed by atoms with Gasteiger partial charge in [-0.3, -0.25) is 0 Å². The van der Waals surface area contributed by atoms with Crippen LogP contribution in [-0.4, -0.2) is 31.8 Å². The Morgan fingerprint density at radius 1 is 1.14 bits per heavy atom. The lowest BCUT2D eigenvalue weighted by Crippen LogP contribution is -2.39.